The lowest BCUT2D eigenvalue weighted by molar-refractivity contribution is -0.140. The lowest BCUT2D eigenvalue weighted by Crippen LogP contribution is -2.42. The molecule has 1 saturated heterocycles. The monoisotopic (exact) mass is 389 g/mol. The summed E-state index contributed by atoms with van der Waals surface area (Å²) in [6.45, 7) is 6.76. The van der Waals surface area contributed by atoms with Crippen molar-refractivity contribution >= 4 is 11.8 Å². The van der Waals surface area contributed by atoms with Crippen molar-refractivity contribution in [1.82, 2.24) is 15.1 Å². The van der Waals surface area contributed by atoms with Crippen molar-refractivity contribution in [3.8, 4) is 5.75 Å². The van der Waals surface area contributed by atoms with Crippen LogP contribution in [-0.2, 0) is 16.1 Å². The van der Waals surface area contributed by atoms with Crippen molar-refractivity contribution in [1.29, 1.82) is 0 Å². The molecule has 0 bridgehead atoms. The molecule has 1 aromatic carbocycles. The molecule has 0 saturated carbocycles. The summed E-state index contributed by atoms with van der Waals surface area (Å²) in [5.41, 5.74) is 1.16. The third kappa shape index (κ3) is 6.23. The summed E-state index contributed by atoms with van der Waals surface area (Å²) in [7, 11) is 3.51. The summed E-state index contributed by atoms with van der Waals surface area (Å²) < 4.78 is 5.29. The lowest BCUT2D eigenvalue weighted by Gasteiger charge is -2.26. The normalized spacial score (nSPS) is 20.9. The van der Waals surface area contributed by atoms with E-state index in [2.05, 4.69) is 11.4 Å². The molecular formula is C22H35N3O3. The molecule has 2 unspecified atom stereocenters. The quantitative estimate of drug-likeness (QED) is 0.779. The number of hydrogen-bond acceptors (Lipinski definition) is 4. The SMILES string of the molecule is CCN(CC)C(=O)C1CCCC(NCc2cccc(OC)c2)CN(C)C(=O)C1. The van der Waals surface area contributed by atoms with Gasteiger partial charge in [-0.15, -0.1) is 0 Å². The molecule has 28 heavy (non-hydrogen) atoms. The second kappa shape index (κ2) is 11.1. The van der Waals surface area contributed by atoms with Gasteiger partial charge in [-0.3, -0.25) is 9.59 Å². The first-order valence-electron chi connectivity index (χ1n) is 10.4. The Bertz CT molecular complexity index is 646. The van der Waals surface area contributed by atoms with Crippen LogP contribution in [0.15, 0.2) is 24.3 Å². The first kappa shape index (κ1) is 22.2. The summed E-state index contributed by atoms with van der Waals surface area (Å²) in [5.74, 6) is 0.820. The molecule has 2 rings (SSSR count). The topological polar surface area (TPSA) is 61.9 Å². The number of carbonyl (C=O) groups is 2. The van der Waals surface area contributed by atoms with Crippen molar-refractivity contribution in [2.24, 2.45) is 5.92 Å². The van der Waals surface area contributed by atoms with E-state index in [0.29, 0.717) is 26.1 Å². The number of amides is 2. The minimum Gasteiger partial charge on any atom is -0.497 e. The number of methoxy groups -OCH3 is 1. The highest BCUT2D eigenvalue weighted by molar-refractivity contribution is 5.85. The van der Waals surface area contributed by atoms with Crippen molar-refractivity contribution in [2.45, 2.75) is 52.1 Å². The largest absolute Gasteiger partial charge is 0.497 e. The van der Waals surface area contributed by atoms with Crippen molar-refractivity contribution in [3.05, 3.63) is 29.8 Å². The van der Waals surface area contributed by atoms with E-state index in [4.69, 9.17) is 4.74 Å². The number of benzene rings is 1. The molecule has 0 spiro atoms. The van der Waals surface area contributed by atoms with Crippen LogP contribution in [0.4, 0.5) is 0 Å². The average Bonchev–Trinajstić information content (AvgIpc) is 2.77. The van der Waals surface area contributed by atoms with Gasteiger partial charge in [0.2, 0.25) is 11.8 Å². The summed E-state index contributed by atoms with van der Waals surface area (Å²) in [6.07, 6.45) is 2.97. The molecule has 6 nitrogen and oxygen atoms in total. The van der Waals surface area contributed by atoms with Crippen LogP contribution in [0.2, 0.25) is 0 Å². The molecule has 0 radical (unpaired) electrons. The summed E-state index contributed by atoms with van der Waals surface area (Å²) in [4.78, 5) is 29.0. The Labute approximate surface area is 169 Å². The van der Waals surface area contributed by atoms with Crippen molar-refractivity contribution in [3.63, 3.8) is 0 Å². The van der Waals surface area contributed by atoms with Gasteiger partial charge in [0, 0.05) is 51.6 Å². The highest BCUT2D eigenvalue weighted by Crippen LogP contribution is 2.21. The van der Waals surface area contributed by atoms with Gasteiger partial charge < -0.3 is 19.9 Å². The van der Waals surface area contributed by atoms with Crippen LogP contribution in [0.3, 0.4) is 0 Å². The summed E-state index contributed by atoms with van der Waals surface area (Å²) >= 11 is 0. The molecule has 0 aromatic heterocycles. The van der Waals surface area contributed by atoms with Gasteiger partial charge in [-0.25, -0.2) is 0 Å². The van der Waals surface area contributed by atoms with Crippen LogP contribution in [0.25, 0.3) is 0 Å². The average molecular weight is 390 g/mol. The molecule has 1 heterocycles. The minimum atomic E-state index is -0.202. The maximum atomic E-state index is 12.8. The molecule has 1 aromatic rings. The third-order valence-electron chi connectivity index (χ3n) is 5.60. The Kier molecular flexibility index (Phi) is 8.77. The Morgan fingerprint density at radius 2 is 2.04 bits per heavy atom. The number of nitrogens with zero attached hydrogens (tertiary/aromatic N) is 2. The predicted molar refractivity (Wildman–Crippen MR) is 111 cm³/mol. The van der Waals surface area contributed by atoms with Crippen LogP contribution in [0, 0.1) is 5.92 Å². The van der Waals surface area contributed by atoms with Crippen molar-refractivity contribution in [2.75, 3.05) is 33.8 Å². The minimum absolute atomic E-state index is 0.0561. The fourth-order valence-corrected chi connectivity index (χ4v) is 3.82. The summed E-state index contributed by atoms with van der Waals surface area (Å²) in [5, 5.41) is 3.58. The van der Waals surface area contributed by atoms with Crippen molar-refractivity contribution < 1.29 is 14.3 Å². The van der Waals surface area contributed by atoms with Crippen LogP contribution in [-0.4, -0.2) is 61.4 Å². The van der Waals surface area contributed by atoms with Gasteiger partial charge in [-0.2, -0.15) is 0 Å². The molecule has 156 valence electrons. The molecule has 6 heteroatoms. The Morgan fingerprint density at radius 1 is 1.29 bits per heavy atom. The molecule has 1 aliphatic rings. The van der Waals surface area contributed by atoms with E-state index in [1.165, 1.54) is 0 Å². The molecular weight excluding hydrogens is 354 g/mol. The Morgan fingerprint density at radius 3 is 2.71 bits per heavy atom. The number of carbonyl (C=O) groups excluding carboxylic acids is 2. The highest BCUT2D eigenvalue weighted by Gasteiger charge is 2.29. The molecule has 2 atom stereocenters. The maximum Gasteiger partial charge on any atom is 0.226 e. The second-order valence-corrected chi connectivity index (χ2v) is 7.55. The van der Waals surface area contributed by atoms with E-state index in [-0.39, 0.29) is 23.8 Å². The van der Waals surface area contributed by atoms with E-state index in [1.807, 2.05) is 44.0 Å². The Balaban J connectivity index is 1.99. The van der Waals surface area contributed by atoms with Gasteiger partial charge in [-0.1, -0.05) is 18.6 Å². The molecule has 1 N–H and O–H groups in total. The highest BCUT2D eigenvalue weighted by atomic mass is 16.5. The fraction of sp³-hybridized carbons (Fsp3) is 0.636. The lowest BCUT2D eigenvalue weighted by atomic mass is 9.95. The number of nitrogens with one attached hydrogen (secondary N) is 1. The van der Waals surface area contributed by atoms with Crippen LogP contribution >= 0.6 is 0 Å². The van der Waals surface area contributed by atoms with Crippen LogP contribution < -0.4 is 10.1 Å². The molecule has 0 aliphatic carbocycles. The summed E-state index contributed by atoms with van der Waals surface area (Å²) in [6, 6.07) is 8.22. The van der Waals surface area contributed by atoms with Gasteiger partial charge >= 0.3 is 0 Å². The van der Waals surface area contributed by atoms with E-state index >= 15 is 0 Å². The number of ether oxygens (including phenoxy) is 1. The number of rotatable bonds is 7. The van der Waals surface area contributed by atoms with Gasteiger partial charge in [0.25, 0.3) is 0 Å². The predicted octanol–water partition coefficient (Wildman–Crippen LogP) is 2.67. The van der Waals surface area contributed by atoms with Crippen LogP contribution in [0.1, 0.15) is 45.1 Å². The standard InChI is InChI=1S/C22H35N3O3/c1-5-25(6-2)22(27)18-10-8-11-19(16-24(3)21(26)14-18)23-15-17-9-7-12-20(13-17)28-4/h7,9,12-13,18-19,23H,5-6,8,10-11,14-16H2,1-4H3. The number of hydrogen-bond donors (Lipinski definition) is 1. The zero-order valence-corrected chi connectivity index (χ0v) is 17.7. The van der Waals surface area contributed by atoms with E-state index in [1.54, 1.807) is 12.0 Å². The fourth-order valence-electron chi connectivity index (χ4n) is 3.82. The van der Waals surface area contributed by atoms with Gasteiger partial charge in [-0.05, 0) is 44.4 Å². The van der Waals surface area contributed by atoms with Gasteiger partial charge in [0.05, 0.1) is 7.11 Å². The maximum absolute atomic E-state index is 12.8. The molecule has 1 fully saturated rings. The van der Waals surface area contributed by atoms with E-state index in [0.717, 1.165) is 37.1 Å². The smallest absolute Gasteiger partial charge is 0.226 e. The number of likely N-dealkylation sites (N-methyl/N-ethyl adjacent to an activating group) is 1. The first-order valence-corrected chi connectivity index (χ1v) is 10.4. The third-order valence-corrected chi connectivity index (χ3v) is 5.60. The first-order chi connectivity index (χ1) is 13.5. The van der Waals surface area contributed by atoms with E-state index < -0.39 is 0 Å². The van der Waals surface area contributed by atoms with E-state index in [9.17, 15) is 9.59 Å². The molecule has 2 amide bonds. The second-order valence-electron chi connectivity index (χ2n) is 7.55. The van der Waals surface area contributed by atoms with Gasteiger partial charge in [0.15, 0.2) is 0 Å². The van der Waals surface area contributed by atoms with Gasteiger partial charge in [0.1, 0.15) is 5.75 Å². The zero-order chi connectivity index (χ0) is 20.5. The van der Waals surface area contributed by atoms with Crippen LogP contribution in [0.5, 0.6) is 5.75 Å². The molecule has 1 aliphatic heterocycles. The Hall–Kier alpha value is -2.08. The zero-order valence-electron chi connectivity index (χ0n) is 17.7.